The lowest BCUT2D eigenvalue weighted by molar-refractivity contribution is 0.0986. The highest BCUT2D eigenvalue weighted by Crippen LogP contribution is 2.33. The average Bonchev–Trinajstić information content (AvgIpc) is 3.57. The van der Waals surface area contributed by atoms with Gasteiger partial charge in [0.15, 0.2) is 5.13 Å². The van der Waals surface area contributed by atoms with Crippen LogP contribution in [0.15, 0.2) is 102 Å². The summed E-state index contributed by atoms with van der Waals surface area (Å²) < 4.78 is 1.06. The predicted molar refractivity (Wildman–Crippen MR) is 142 cm³/mol. The van der Waals surface area contributed by atoms with E-state index in [4.69, 9.17) is 9.97 Å². The standard InChI is InChI=1S/C28H19N3OS2/c32-27(21-17-24(25-15-8-16-33-25)29-22-12-5-4-11-20(21)22)31(18-19-9-2-1-3-10-19)28-30-23-13-6-7-14-26(23)34-28/h1-17H,18H2. The van der Waals surface area contributed by atoms with Crippen LogP contribution in [0, 0.1) is 0 Å². The normalized spacial score (nSPS) is 11.2. The molecule has 3 aromatic heterocycles. The second-order valence-electron chi connectivity index (χ2n) is 7.89. The Kier molecular flexibility index (Phi) is 5.37. The number of hydrogen-bond acceptors (Lipinski definition) is 5. The Morgan fingerprint density at radius 3 is 2.35 bits per heavy atom. The Morgan fingerprint density at radius 2 is 1.56 bits per heavy atom. The fourth-order valence-corrected chi connectivity index (χ4v) is 5.67. The van der Waals surface area contributed by atoms with E-state index in [1.54, 1.807) is 16.2 Å². The van der Waals surface area contributed by atoms with Gasteiger partial charge in [0.1, 0.15) is 0 Å². The quantitative estimate of drug-likeness (QED) is 0.259. The molecular weight excluding hydrogens is 458 g/mol. The van der Waals surface area contributed by atoms with Gasteiger partial charge in [-0.25, -0.2) is 9.97 Å². The molecule has 0 spiro atoms. The minimum atomic E-state index is -0.0840. The molecule has 0 radical (unpaired) electrons. The number of rotatable bonds is 5. The monoisotopic (exact) mass is 477 g/mol. The number of carbonyl (C=O) groups is 1. The summed E-state index contributed by atoms with van der Waals surface area (Å²) in [5.41, 5.74) is 4.19. The van der Waals surface area contributed by atoms with E-state index >= 15 is 0 Å². The maximum atomic E-state index is 14.2. The Labute approximate surface area is 204 Å². The highest BCUT2D eigenvalue weighted by Gasteiger charge is 2.24. The minimum Gasteiger partial charge on any atom is -0.279 e. The Morgan fingerprint density at radius 1 is 0.794 bits per heavy atom. The van der Waals surface area contributed by atoms with Crippen molar-refractivity contribution < 1.29 is 4.79 Å². The first-order chi connectivity index (χ1) is 16.8. The van der Waals surface area contributed by atoms with E-state index in [1.165, 1.54) is 11.3 Å². The Bertz CT molecular complexity index is 1570. The van der Waals surface area contributed by atoms with Gasteiger partial charge in [0.25, 0.3) is 5.91 Å². The second-order valence-corrected chi connectivity index (χ2v) is 9.85. The third-order valence-corrected chi connectivity index (χ3v) is 7.61. The number of nitrogens with zero attached hydrogens (tertiary/aromatic N) is 3. The molecule has 0 saturated heterocycles. The zero-order valence-electron chi connectivity index (χ0n) is 18.1. The zero-order chi connectivity index (χ0) is 22.9. The number of para-hydroxylation sites is 2. The molecule has 6 rings (SSSR count). The number of benzene rings is 3. The lowest BCUT2D eigenvalue weighted by Crippen LogP contribution is -2.30. The SMILES string of the molecule is O=C(c1cc(-c2cccs2)nc2ccccc12)N(Cc1ccccc1)c1nc2ccccc2s1. The lowest BCUT2D eigenvalue weighted by Gasteiger charge is -2.21. The van der Waals surface area contributed by atoms with Gasteiger partial charge < -0.3 is 0 Å². The van der Waals surface area contributed by atoms with E-state index in [1.807, 2.05) is 102 Å². The molecule has 0 aliphatic carbocycles. The number of anilines is 1. The number of aromatic nitrogens is 2. The number of fused-ring (bicyclic) bond motifs is 2. The third kappa shape index (κ3) is 3.87. The van der Waals surface area contributed by atoms with Crippen LogP contribution in [0.1, 0.15) is 15.9 Å². The van der Waals surface area contributed by atoms with Crippen molar-refractivity contribution in [2.45, 2.75) is 6.54 Å². The van der Waals surface area contributed by atoms with Crippen LogP contribution in [0.3, 0.4) is 0 Å². The molecule has 164 valence electrons. The van der Waals surface area contributed by atoms with E-state index < -0.39 is 0 Å². The van der Waals surface area contributed by atoms with Gasteiger partial charge >= 0.3 is 0 Å². The summed E-state index contributed by atoms with van der Waals surface area (Å²) in [6.45, 7) is 0.435. The number of thiophene rings is 1. The number of thiazole rings is 1. The molecule has 1 amide bonds. The van der Waals surface area contributed by atoms with Gasteiger partial charge in [0.05, 0.1) is 38.4 Å². The molecule has 0 aliphatic heterocycles. The molecule has 0 saturated carbocycles. The molecule has 3 heterocycles. The number of carbonyl (C=O) groups excluding carboxylic acids is 1. The molecule has 0 aliphatic rings. The van der Waals surface area contributed by atoms with Gasteiger partial charge in [0.2, 0.25) is 0 Å². The fraction of sp³-hybridized carbons (Fsp3) is 0.0357. The summed E-state index contributed by atoms with van der Waals surface area (Å²) in [6.07, 6.45) is 0. The van der Waals surface area contributed by atoms with E-state index in [0.717, 1.165) is 37.3 Å². The van der Waals surface area contributed by atoms with Crippen molar-refractivity contribution in [3.8, 4) is 10.6 Å². The first-order valence-electron chi connectivity index (χ1n) is 10.9. The third-order valence-electron chi connectivity index (χ3n) is 5.66. The molecule has 0 atom stereocenters. The summed E-state index contributed by atoms with van der Waals surface area (Å²) in [5, 5.41) is 3.55. The molecule has 3 aromatic carbocycles. The van der Waals surface area contributed by atoms with E-state index in [9.17, 15) is 4.79 Å². The summed E-state index contributed by atoms with van der Waals surface area (Å²) in [4.78, 5) is 26.7. The molecular formula is C28H19N3OS2. The zero-order valence-corrected chi connectivity index (χ0v) is 19.7. The Hall–Kier alpha value is -3.87. The molecule has 0 N–H and O–H groups in total. The van der Waals surface area contributed by atoms with Crippen molar-refractivity contribution in [2.24, 2.45) is 0 Å². The topological polar surface area (TPSA) is 46.1 Å². The maximum absolute atomic E-state index is 14.2. The van der Waals surface area contributed by atoms with Crippen molar-refractivity contribution in [2.75, 3.05) is 4.90 Å². The Balaban J connectivity index is 1.52. The summed E-state index contributed by atoms with van der Waals surface area (Å²) >= 11 is 3.15. The van der Waals surface area contributed by atoms with Crippen molar-refractivity contribution in [3.05, 3.63) is 114 Å². The second kappa shape index (κ2) is 8.82. The van der Waals surface area contributed by atoms with Gasteiger partial charge in [-0.05, 0) is 41.3 Å². The smallest absolute Gasteiger partial charge is 0.261 e. The van der Waals surface area contributed by atoms with Crippen LogP contribution in [0.25, 0.3) is 31.7 Å². The molecule has 34 heavy (non-hydrogen) atoms. The van der Waals surface area contributed by atoms with E-state index in [0.29, 0.717) is 17.2 Å². The van der Waals surface area contributed by atoms with Crippen LogP contribution in [0.5, 0.6) is 0 Å². The van der Waals surface area contributed by atoms with Crippen LogP contribution >= 0.6 is 22.7 Å². The maximum Gasteiger partial charge on any atom is 0.261 e. The fourth-order valence-electron chi connectivity index (χ4n) is 4.02. The number of amides is 1. The largest absolute Gasteiger partial charge is 0.279 e. The van der Waals surface area contributed by atoms with E-state index in [2.05, 4.69) is 0 Å². The summed E-state index contributed by atoms with van der Waals surface area (Å²) in [7, 11) is 0. The van der Waals surface area contributed by atoms with Gasteiger partial charge in [-0.2, -0.15) is 0 Å². The first kappa shape index (κ1) is 20.7. The molecule has 0 bridgehead atoms. The molecule has 0 fully saturated rings. The molecule has 6 aromatic rings. The minimum absolute atomic E-state index is 0.0840. The average molecular weight is 478 g/mol. The van der Waals surface area contributed by atoms with Crippen LogP contribution in [0.2, 0.25) is 0 Å². The predicted octanol–water partition coefficient (Wildman–Crippen LogP) is 7.42. The van der Waals surface area contributed by atoms with E-state index in [-0.39, 0.29) is 5.91 Å². The van der Waals surface area contributed by atoms with Crippen molar-refractivity contribution in [3.63, 3.8) is 0 Å². The first-order valence-corrected chi connectivity index (χ1v) is 12.6. The van der Waals surface area contributed by atoms with Crippen LogP contribution in [-0.2, 0) is 6.54 Å². The van der Waals surface area contributed by atoms with Crippen molar-refractivity contribution in [1.29, 1.82) is 0 Å². The van der Waals surface area contributed by atoms with Crippen LogP contribution < -0.4 is 4.90 Å². The van der Waals surface area contributed by atoms with Gasteiger partial charge in [-0.1, -0.05) is 78.1 Å². The number of pyridine rings is 1. The molecule has 6 heteroatoms. The van der Waals surface area contributed by atoms with Crippen molar-refractivity contribution >= 4 is 54.8 Å². The highest BCUT2D eigenvalue weighted by molar-refractivity contribution is 7.22. The molecule has 4 nitrogen and oxygen atoms in total. The van der Waals surface area contributed by atoms with Gasteiger partial charge in [0, 0.05) is 5.39 Å². The lowest BCUT2D eigenvalue weighted by atomic mass is 10.1. The van der Waals surface area contributed by atoms with Crippen LogP contribution in [-0.4, -0.2) is 15.9 Å². The van der Waals surface area contributed by atoms with Gasteiger partial charge in [-0.3, -0.25) is 9.69 Å². The molecule has 0 unspecified atom stereocenters. The highest BCUT2D eigenvalue weighted by atomic mass is 32.1. The van der Waals surface area contributed by atoms with Crippen LogP contribution in [0.4, 0.5) is 5.13 Å². The van der Waals surface area contributed by atoms with Crippen molar-refractivity contribution in [1.82, 2.24) is 9.97 Å². The summed E-state index contributed by atoms with van der Waals surface area (Å²) in [5.74, 6) is -0.0840. The van der Waals surface area contributed by atoms with Gasteiger partial charge in [-0.15, -0.1) is 11.3 Å². The number of hydrogen-bond donors (Lipinski definition) is 0. The summed E-state index contributed by atoms with van der Waals surface area (Å²) in [6, 6.07) is 31.8.